The Morgan fingerprint density at radius 3 is 2.90 bits per heavy atom. The molecule has 1 heterocycles. The van der Waals surface area contributed by atoms with Gasteiger partial charge in [0.05, 0.1) is 25.1 Å². The molecule has 1 aromatic carbocycles. The van der Waals surface area contributed by atoms with Gasteiger partial charge in [-0.25, -0.2) is 0 Å². The molecule has 1 aromatic rings. The summed E-state index contributed by atoms with van der Waals surface area (Å²) in [7, 11) is 0. The lowest BCUT2D eigenvalue weighted by Gasteiger charge is -2.17. The number of amides is 1. The minimum atomic E-state index is 0.107. The molecule has 21 heavy (non-hydrogen) atoms. The van der Waals surface area contributed by atoms with Crippen LogP contribution >= 0.6 is 0 Å². The van der Waals surface area contributed by atoms with Crippen molar-refractivity contribution >= 4 is 17.8 Å². The fourth-order valence-corrected chi connectivity index (χ4v) is 2.36. The number of nitrogens with zero attached hydrogens (tertiary/aromatic N) is 2. The molecule has 1 aliphatic heterocycles. The topological polar surface area (TPSA) is 74.2 Å². The molecule has 0 aliphatic carbocycles. The fourth-order valence-electron chi connectivity index (χ4n) is 2.36. The molecule has 6 nitrogen and oxygen atoms in total. The first-order valence-corrected chi connectivity index (χ1v) is 7.20. The van der Waals surface area contributed by atoms with Crippen LogP contribution in [0.3, 0.4) is 0 Å². The van der Waals surface area contributed by atoms with Gasteiger partial charge in [-0.1, -0.05) is 11.2 Å². The summed E-state index contributed by atoms with van der Waals surface area (Å²) in [5.41, 5.74) is 1.50. The zero-order valence-electron chi connectivity index (χ0n) is 12.2. The predicted octanol–water partition coefficient (Wildman–Crippen LogP) is 1.93. The van der Waals surface area contributed by atoms with Crippen LogP contribution in [0.15, 0.2) is 23.4 Å². The molecule has 0 unspecified atom stereocenters. The summed E-state index contributed by atoms with van der Waals surface area (Å²) in [5, 5.41) is 14.7. The molecule has 0 saturated carbocycles. The summed E-state index contributed by atoms with van der Waals surface area (Å²) in [6, 6.07) is 5.38. The van der Waals surface area contributed by atoms with E-state index in [9.17, 15) is 4.79 Å². The third kappa shape index (κ3) is 4.11. The van der Waals surface area contributed by atoms with Gasteiger partial charge in [0.1, 0.15) is 5.75 Å². The number of nitrogens with one attached hydrogen (secondary N) is 1. The fraction of sp³-hybridized carbons (Fsp3) is 0.467. The van der Waals surface area contributed by atoms with Crippen LogP contribution in [0.4, 0.5) is 5.69 Å². The van der Waals surface area contributed by atoms with Gasteiger partial charge in [-0.2, -0.15) is 0 Å². The second-order valence-electron chi connectivity index (χ2n) is 4.87. The highest BCUT2D eigenvalue weighted by Gasteiger charge is 2.17. The number of benzene rings is 1. The van der Waals surface area contributed by atoms with Gasteiger partial charge < -0.3 is 20.2 Å². The van der Waals surface area contributed by atoms with E-state index in [-0.39, 0.29) is 12.5 Å². The van der Waals surface area contributed by atoms with Crippen LogP contribution in [-0.2, 0) is 4.79 Å². The van der Waals surface area contributed by atoms with E-state index in [0.29, 0.717) is 12.4 Å². The zero-order valence-corrected chi connectivity index (χ0v) is 12.2. The second kappa shape index (κ2) is 7.52. The number of ether oxygens (including phenoxy) is 1. The quantitative estimate of drug-likeness (QED) is 0.477. The van der Waals surface area contributed by atoms with Crippen molar-refractivity contribution in [2.24, 2.45) is 5.16 Å². The maximum absolute atomic E-state index is 12.0. The lowest BCUT2D eigenvalue weighted by Crippen LogP contribution is -2.33. The molecule has 1 amide bonds. The first-order chi connectivity index (χ1) is 10.2. The lowest BCUT2D eigenvalue weighted by atomic mass is 10.2. The smallest absolute Gasteiger partial charge is 0.241 e. The Bertz CT molecular complexity index is 511. The van der Waals surface area contributed by atoms with Gasteiger partial charge in [-0.05, 0) is 37.5 Å². The van der Waals surface area contributed by atoms with Crippen molar-refractivity contribution in [2.75, 3.05) is 31.6 Å². The molecule has 1 saturated heterocycles. The average Bonchev–Trinajstić information content (AvgIpc) is 3.01. The number of oxime groups is 1. The highest BCUT2D eigenvalue weighted by atomic mass is 16.5. The number of rotatable bonds is 6. The van der Waals surface area contributed by atoms with Crippen molar-refractivity contribution in [1.29, 1.82) is 0 Å². The number of hydrogen-bond acceptors (Lipinski definition) is 5. The van der Waals surface area contributed by atoms with Crippen LogP contribution in [0.1, 0.15) is 25.3 Å². The number of anilines is 1. The van der Waals surface area contributed by atoms with Crippen LogP contribution in [0.2, 0.25) is 0 Å². The van der Waals surface area contributed by atoms with E-state index in [4.69, 9.17) is 9.94 Å². The van der Waals surface area contributed by atoms with Crippen molar-refractivity contribution in [2.45, 2.75) is 19.8 Å². The Morgan fingerprint density at radius 1 is 1.48 bits per heavy atom. The lowest BCUT2D eigenvalue weighted by molar-refractivity contribution is -0.128. The molecule has 1 fully saturated rings. The van der Waals surface area contributed by atoms with Crippen LogP contribution in [-0.4, -0.2) is 48.5 Å². The molecular formula is C15H21N3O3. The molecule has 0 atom stereocenters. The molecular weight excluding hydrogens is 270 g/mol. The Balaban J connectivity index is 2.02. The van der Waals surface area contributed by atoms with Crippen molar-refractivity contribution < 1.29 is 14.7 Å². The Labute approximate surface area is 124 Å². The van der Waals surface area contributed by atoms with E-state index in [1.165, 1.54) is 6.21 Å². The van der Waals surface area contributed by atoms with Gasteiger partial charge in [0.25, 0.3) is 0 Å². The number of carbonyl (C=O) groups excluding carboxylic acids is 1. The molecule has 0 aromatic heterocycles. The summed E-state index contributed by atoms with van der Waals surface area (Å²) in [4.78, 5) is 13.9. The summed E-state index contributed by atoms with van der Waals surface area (Å²) < 4.78 is 5.55. The molecule has 1 aliphatic rings. The summed E-state index contributed by atoms with van der Waals surface area (Å²) in [6.45, 7) is 4.38. The summed E-state index contributed by atoms with van der Waals surface area (Å²) >= 11 is 0. The predicted molar refractivity (Wildman–Crippen MR) is 81.3 cm³/mol. The second-order valence-corrected chi connectivity index (χ2v) is 4.87. The summed E-state index contributed by atoms with van der Waals surface area (Å²) in [6.07, 6.45) is 3.51. The highest BCUT2D eigenvalue weighted by Crippen LogP contribution is 2.25. The monoisotopic (exact) mass is 291 g/mol. The van der Waals surface area contributed by atoms with E-state index in [2.05, 4.69) is 10.5 Å². The average molecular weight is 291 g/mol. The van der Waals surface area contributed by atoms with Gasteiger partial charge in [-0.3, -0.25) is 4.79 Å². The molecule has 0 spiro atoms. The molecule has 114 valence electrons. The third-order valence-electron chi connectivity index (χ3n) is 3.40. The van der Waals surface area contributed by atoms with Gasteiger partial charge >= 0.3 is 0 Å². The van der Waals surface area contributed by atoms with E-state index < -0.39 is 0 Å². The van der Waals surface area contributed by atoms with Crippen molar-refractivity contribution in [3.63, 3.8) is 0 Å². The van der Waals surface area contributed by atoms with Crippen LogP contribution in [0.5, 0.6) is 5.75 Å². The molecule has 0 bridgehead atoms. The van der Waals surface area contributed by atoms with E-state index in [1.807, 2.05) is 17.9 Å². The van der Waals surface area contributed by atoms with Crippen LogP contribution < -0.4 is 10.1 Å². The van der Waals surface area contributed by atoms with E-state index in [0.717, 1.165) is 37.2 Å². The maximum atomic E-state index is 12.0. The molecule has 0 radical (unpaired) electrons. The maximum Gasteiger partial charge on any atom is 0.241 e. The number of likely N-dealkylation sites (tertiary alicyclic amines) is 1. The van der Waals surface area contributed by atoms with Crippen LogP contribution in [0, 0.1) is 0 Å². The van der Waals surface area contributed by atoms with Gasteiger partial charge in [0, 0.05) is 13.1 Å². The Kier molecular flexibility index (Phi) is 5.43. The van der Waals surface area contributed by atoms with E-state index in [1.54, 1.807) is 12.1 Å². The zero-order chi connectivity index (χ0) is 15.1. The minimum absolute atomic E-state index is 0.107. The van der Waals surface area contributed by atoms with Gasteiger partial charge in [0.2, 0.25) is 5.91 Å². The minimum Gasteiger partial charge on any atom is -0.492 e. The van der Waals surface area contributed by atoms with Crippen molar-refractivity contribution in [3.8, 4) is 5.75 Å². The highest BCUT2D eigenvalue weighted by molar-refractivity contribution is 5.84. The SMILES string of the molecule is CCOc1cc(C=NO)ccc1NCC(=O)N1CCCC1. The van der Waals surface area contributed by atoms with Gasteiger partial charge in [-0.15, -0.1) is 0 Å². The number of hydrogen-bond donors (Lipinski definition) is 2. The molecule has 2 N–H and O–H groups in total. The summed E-state index contributed by atoms with van der Waals surface area (Å²) in [5.74, 6) is 0.750. The van der Waals surface area contributed by atoms with Crippen molar-refractivity contribution in [3.05, 3.63) is 23.8 Å². The van der Waals surface area contributed by atoms with Gasteiger partial charge in [0.15, 0.2) is 0 Å². The van der Waals surface area contributed by atoms with Crippen molar-refractivity contribution in [1.82, 2.24) is 4.90 Å². The molecule has 6 heteroatoms. The molecule has 2 rings (SSSR count). The largest absolute Gasteiger partial charge is 0.492 e. The Hall–Kier alpha value is -2.24. The van der Waals surface area contributed by atoms with Crippen LogP contribution in [0.25, 0.3) is 0 Å². The first kappa shape index (κ1) is 15.2. The first-order valence-electron chi connectivity index (χ1n) is 7.20. The normalized spacial score (nSPS) is 14.6. The number of carbonyl (C=O) groups is 1. The standard InChI is InChI=1S/C15H21N3O3/c1-2-21-14-9-12(10-17-20)5-6-13(14)16-11-15(19)18-7-3-4-8-18/h5-6,9-10,16,20H,2-4,7-8,11H2,1H3. The van der Waals surface area contributed by atoms with E-state index >= 15 is 0 Å². The Morgan fingerprint density at radius 2 is 2.24 bits per heavy atom. The third-order valence-corrected chi connectivity index (χ3v) is 3.40.